The summed E-state index contributed by atoms with van der Waals surface area (Å²) >= 11 is 0. The number of para-hydroxylation sites is 1. The van der Waals surface area contributed by atoms with Crippen molar-refractivity contribution in [3.8, 4) is 11.5 Å². The Morgan fingerprint density at radius 1 is 1.00 bits per heavy atom. The van der Waals surface area contributed by atoms with Gasteiger partial charge in [0.25, 0.3) is 5.91 Å². The predicted molar refractivity (Wildman–Crippen MR) is 119 cm³/mol. The van der Waals surface area contributed by atoms with Crippen molar-refractivity contribution in [1.29, 1.82) is 0 Å². The molecule has 31 heavy (non-hydrogen) atoms. The lowest BCUT2D eigenvalue weighted by atomic mass is 10.1. The molecule has 1 aliphatic rings. The zero-order chi connectivity index (χ0) is 21.8. The van der Waals surface area contributed by atoms with Crippen LogP contribution in [0.15, 0.2) is 83.5 Å². The van der Waals surface area contributed by atoms with Gasteiger partial charge in [-0.05, 0) is 67.1 Å². The van der Waals surface area contributed by atoms with Crippen LogP contribution in [0.4, 0.5) is 10.1 Å². The lowest BCUT2D eigenvalue weighted by molar-refractivity contribution is -0.113. The largest absolute Gasteiger partial charge is 0.496 e. The van der Waals surface area contributed by atoms with Crippen LogP contribution >= 0.6 is 0 Å². The van der Waals surface area contributed by atoms with Crippen molar-refractivity contribution >= 4 is 23.5 Å². The number of amidine groups is 1. The van der Waals surface area contributed by atoms with Gasteiger partial charge in [-0.15, -0.1) is 0 Å². The number of hydrogen-bond donors (Lipinski definition) is 0. The highest BCUT2D eigenvalue weighted by atomic mass is 19.1. The highest BCUT2D eigenvalue weighted by Crippen LogP contribution is 2.31. The van der Waals surface area contributed by atoms with E-state index in [0.29, 0.717) is 29.4 Å². The lowest BCUT2D eigenvalue weighted by Gasteiger charge is -2.19. The number of carbonyl (C=O) groups is 1. The molecule has 4 rings (SSSR count). The van der Waals surface area contributed by atoms with Crippen LogP contribution in [0, 0.1) is 5.82 Å². The second-order valence-electron chi connectivity index (χ2n) is 6.78. The Balaban J connectivity index is 1.79. The Hall–Kier alpha value is -3.93. The molecule has 3 aromatic rings. The third-order valence-corrected chi connectivity index (χ3v) is 4.79. The Morgan fingerprint density at radius 3 is 2.39 bits per heavy atom. The summed E-state index contributed by atoms with van der Waals surface area (Å²) in [6.45, 7) is 2.50. The highest BCUT2D eigenvalue weighted by molar-refractivity contribution is 6.33. The minimum atomic E-state index is -0.378. The fourth-order valence-corrected chi connectivity index (χ4v) is 3.34. The number of carbonyl (C=O) groups excluding carboxylic acids is 1. The van der Waals surface area contributed by atoms with E-state index in [-0.39, 0.29) is 17.4 Å². The average Bonchev–Trinajstić information content (AvgIpc) is 3.11. The van der Waals surface area contributed by atoms with E-state index in [1.165, 1.54) is 17.0 Å². The molecule has 5 nitrogen and oxygen atoms in total. The molecule has 0 saturated carbocycles. The van der Waals surface area contributed by atoms with Gasteiger partial charge in [0, 0.05) is 0 Å². The van der Waals surface area contributed by atoms with Crippen LogP contribution in [0.1, 0.15) is 18.1 Å². The molecule has 0 aliphatic carbocycles. The number of nitrogens with zero attached hydrogens (tertiary/aromatic N) is 2. The standard InChI is InChI=1S/C25H21FN2O3/c1-3-31-20-14-8-17(9-15-20)16-22-25(29)28(19-12-10-18(26)11-13-19)24(27-22)21-6-4-5-7-23(21)30-2/h4-16H,3H2,1-2H3/b22-16-. The minimum absolute atomic E-state index is 0.273. The van der Waals surface area contributed by atoms with E-state index in [9.17, 15) is 9.18 Å². The fraction of sp³-hybridized carbons (Fsp3) is 0.120. The van der Waals surface area contributed by atoms with Crippen LogP contribution in [0.3, 0.4) is 0 Å². The molecule has 0 saturated heterocycles. The molecule has 3 aromatic carbocycles. The first-order valence-electron chi connectivity index (χ1n) is 9.87. The summed E-state index contributed by atoms with van der Waals surface area (Å²) in [5.41, 5.74) is 2.27. The summed E-state index contributed by atoms with van der Waals surface area (Å²) in [5.74, 6) is 1.08. The number of ether oxygens (including phenoxy) is 2. The molecule has 1 aliphatic heterocycles. The van der Waals surface area contributed by atoms with Gasteiger partial charge >= 0.3 is 0 Å². The number of anilines is 1. The maximum absolute atomic E-state index is 13.5. The van der Waals surface area contributed by atoms with Crippen molar-refractivity contribution in [3.05, 3.63) is 95.4 Å². The van der Waals surface area contributed by atoms with Gasteiger partial charge in [0.05, 0.1) is 25.0 Å². The SMILES string of the molecule is CCOc1ccc(/C=C2\N=C(c3ccccc3OC)N(c3ccc(F)cc3)C2=O)cc1. The molecule has 0 N–H and O–H groups in total. The quantitative estimate of drug-likeness (QED) is 0.528. The highest BCUT2D eigenvalue weighted by Gasteiger charge is 2.33. The van der Waals surface area contributed by atoms with E-state index in [2.05, 4.69) is 4.99 Å². The minimum Gasteiger partial charge on any atom is -0.496 e. The van der Waals surface area contributed by atoms with E-state index in [1.54, 1.807) is 31.4 Å². The Kier molecular flexibility index (Phi) is 5.80. The lowest BCUT2D eigenvalue weighted by Crippen LogP contribution is -2.32. The normalized spacial score (nSPS) is 14.7. The third kappa shape index (κ3) is 4.19. The summed E-state index contributed by atoms with van der Waals surface area (Å²) < 4.78 is 24.4. The number of halogens is 1. The van der Waals surface area contributed by atoms with Gasteiger partial charge in [-0.1, -0.05) is 24.3 Å². The summed E-state index contributed by atoms with van der Waals surface area (Å²) in [7, 11) is 1.56. The second-order valence-corrected chi connectivity index (χ2v) is 6.78. The van der Waals surface area contributed by atoms with Gasteiger partial charge in [-0.25, -0.2) is 9.38 Å². The van der Waals surface area contributed by atoms with Gasteiger partial charge in [-0.2, -0.15) is 0 Å². The topological polar surface area (TPSA) is 51.1 Å². The van der Waals surface area contributed by atoms with Gasteiger partial charge in [-0.3, -0.25) is 9.69 Å². The third-order valence-electron chi connectivity index (χ3n) is 4.79. The molecule has 1 amide bonds. The van der Waals surface area contributed by atoms with Crippen molar-refractivity contribution < 1.29 is 18.7 Å². The molecule has 6 heteroatoms. The maximum Gasteiger partial charge on any atom is 0.282 e. The van der Waals surface area contributed by atoms with Crippen LogP contribution in [-0.2, 0) is 4.79 Å². The number of hydrogen-bond acceptors (Lipinski definition) is 4. The van der Waals surface area contributed by atoms with E-state index < -0.39 is 0 Å². The number of amides is 1. The second kappa shape index (κ2) is 8.83. The van der Waals surface area contributed by atoms with Crippen LogP contribution in [-0.4, -0.2) is 25.5 Å². The van der Waals surface area contributed by atoms with Crippen LogP contribution in [0.5, 0.6) is 11.5 Å². The van der Waals surface area contributed by atoms with Gasteiger partial charge in [0.15, 0.2) is 5.84 Å². The summed E-state index contributed by atoms with van der Waals surface area (Å²) in [5, 5.41) is 0. The van der Waals surface area contributed by atoms with Gasteiger partial charge in [0.2, 0.25) is 0 Å². The summed E-state index contributed by atoms with van der Waals surface area (Å²) in [6, 6.07) is 20.5. The zero-order valence-corrected chi connectivity index (χ0v) is 17.2. The number of rotatable bonds is 6. The average molecular weight is 416 g/mol. The number of benzene rings is 3. The van der Waals surface area contributed by atoms with Crippen molar-refractivity contribution in [2.75, 3.05) is 18.6 Å². The molecule has 0 unspecified atom stereocenters. The number of aliphatic imine (C=N–C) groups is 1. The monoisotopic (exact) mass is 416 g/mol. The molecular formula is C25H21FN2O3. The van der Waals surface area contributed by atoms with Crippen molar-refractivity contribution in [3.63, 3.8) is 0 Å². The van der Waals surface area contributed by atoms with Crippen LogP contribution in [0.2, 0.25) is 0 Å². The molecule has 0 atom stereocenters. The smallest absolute Gasteiger partial charge is 0.282 e. The maximum atomic E-state index is 13.5. The number of methoxy groups -OCH3 is 1. The zero-order valence-electron chi connectivity index (χ0n) is 17.2. The van der Waals surface area contributed by atoms with Crippen molar-refractivity contribution in [2.45, 2.75) is 6.92 Å². The molecule has 156 valence electrons. The first kappa shape index (κ1) is 20.3. The molecule has 0 bridgehead atoms. The van der Waals surface area contributed by atoms with E-state index in [1.807, 2.05) is 49.4 Å². The molecule has 0 fully saturated rings. The predicted octanol–water partition coefficient (Wildman–Crippen LogP) is 5.07. The molecule has 1 heterocycles. The van der Waals surface area contributed by atoms with Gasteiger partial charge in [0.1, 0.15) is 23.0 Å². The molecule has 0 radical (unpaired) electrons. The summed E-state index contributed by atoms with van der Waals surface area (Å²) in [6.07, 6.45) is 1.72. The molecule has 0 spiro atoms. The van der Waals surface area contributed by atoms with E-state index in [4.69, 9.17) is 9.47 Å². The van der Waals surface area contributed by atoms with Crippen LogP contribution in [0.25, 0.3) is 6.08 Å². The first-order chi connectivity index (χ1) is 15.1. The van der Waals surface area contributed by atoms with E-state index in [0.717, 1.165) is 11.3 Å². The Bertz CT molecular complexity index is 1150. The van der Waals surface area contributed by atoms with Crippen molar-refractivity contribution in [1.82, 2.24) is 0 Å². The Morgan fingerprint density at radius 2 is 1.71 bits per heavy atom. The van der Waals surface area contributed by atoms with Gasteiger partial charge < -0.3 is 9.47 Å². The van der Waals surface area contributed by atoms with Crippen molar-refractivity contribution in [2.24, 2.45) is 4.99 Å². The molecule has 0 aromatic heterocycles. The fourth-order valence-electron chi connectivity index (χ4n) is 3.34. The van der Waals surface area contributed by atoms with Crippen LogP contribution < -0.4 is 14.4 Å². The van der Waals surface area contributed by atoms with E-state index >= 15 is 0 Å². The molecular weight excluding hydrogens is 395 g/mol. The first-order valence-corrected chi connectivity index (χ1v) is 9.87. The Labute approximate surface area is 180 Å². The summed E-state index contributed by atoms with van der Waals surface area (Å²) in [4.78, 5) is 19.4.